The van der Waals surface area contributed by atoms with Gasteiger partial charge in [0, 0.05) is 23.8 Å². The molecule has 8 heteroatoms. The summed E-state index contributed by atoms with van der Waals surface area (Å²) >= 11 is 0. The lowest BCUT2D eigenvalue weighted by molar-refractivity contribution is 0.0941. The van der Waals surface area contributed by atoms with E-state index in [9.17, 15) is 9.59 Å². The molecule has 3 aromatic heterocycles. The van der Waals surface area contributed by atoms with Gasteiger partial charge in [-0.3, -0.25) is 14.2 Å². The third kappa shape index (κ3) is 3.93. The van der Waals surface area contributed by atoms with E-state index in [-0.39, 0.29) is 16.9 Å². The van der Waals surface area contributed by atoms with Gasteiger partial charge in [0.05, 0.1) is 11.4 Å². The lowest BCUT2D eigenvalue weighted by Crippen LogP contribution is -2.32. The van der Waals surface area contributed by atoms with Crippen LogP contribution in [0.2, 0.25) is 0 Å². The van der Waals surface area contributed by atoms with E-state index in [4.69, 9.17) is 5.73 Å². The predicted octanol–water partition coefficient (Wildman–Crippen LogP) is 4.06. The zero-order chi connectivity index (χ0) is 24.5. The van der Waals surface area contributed by atoms with E-state index in [1.807, 2.05) is 61.5 Å². The van der Waals surface area contributed by atoms with Gasteiger partial charge in [-0.1, -0.05) is 49.7 Å². The molecular formula is C27H26N6O2. The standard InChI is InChI=1S/C27H26N6O2/c1-3-9-18-10-7-11-19-16-21(33(27(35)22(18)19)20-12-5-4-6-13-20)17(2)30-26(34)23-24(28)31-32-15-8-14-29-25(23)32/h4-8,10-17H,3,9H2,1-2H3,(H2,28,31)(H,30,34)/t17-/m0/s1. The number of fused-ring (bicyclic) bond motifs is 2. The fraction of sp³-hybridized carbons (Fsp3) is 0.185. The molecule has 0 fully saturated rings. The number of hydrogen-bond donors (Lipinski definition) is 2. The number of hydrogen-bond acceptors (Lipinski definition) is 5. The van der Waals surface area contributed by atoms with Crippen molar-refractivity contribution in [3.63, 3.8) is 0 Å². The van der Waals surface area contributed by atoms with Crippen molar-refractivity contribution in [1.29, 1.82) is 0 Å². The van der Waals surface area contributed by atoms with Gasteiger partial charge in [-0.25, -0.2) is 9.50 Å². The van der Waals surface area contributed by atoms with Crippen molar-refractivity contribution in [2.75, 3.05) is 5.73 Å². The maximum Gasteiger partial charge on any atom is 0.263 e. The summed E-state index contributed by atoms with van der Waals surface area (Å²) < 4.78 is 3.16. The second kappa shape index (κ2) is 9.06. The Bertz CT molecular complexity index is 1600. The first-order valence-electron chi connectivity index (χ1n) is 11.6. The summed E-state index contributed by atoms with van der Waals surface area (Å²) in [6.07, 6.45) is 5.02. The summed E-state index contributed by atoms with van der Waals surface area (Å²) in [5.74, 6) is -0.313. The van der Waals surface area contributed by atoms with Gasteiger partial charge >= 0.3 is 0 Å². The fourth-order valence-electron chi connectivity index (χ4n) is 4.56. The third-order valence-corrected chi connectivity index (χ3v) is 6.14. The second-order valence-corrected chi connectivity index (χ2v) is 8.52. The zero-order valence-electron chi connectivity index (χ0n) is 19.6. The van der Waals surface area contributed by atoms with Crippen LogP contribution in [-0.4, -0.2) is 25.1 Å². The lowest BCUT2D eigenvalue weighted by atomic mass is 10.00. The molecule has 1 atom stereocenters. The van der Waals surface area contributed by atoms with Gasteiger partial charge in [-0.2, -0.15) is 0 Å². The number of carbonyl (C=O) groups is 1. The number of aromatic nitrogens is 4. The summed E-state index contributed by atoms with van der Waals surface area (Å²) in [6, 6.07) is 18.6. The largest absolute Gasteiger partial charge is 0.381 e. The molecule has 0 bridgehead atoms. The molecule has 0 aliphatic rings. The number of anilines is 1. The highest BCUT2D eigenvalue weighted by Crippen LogP contribution is 2.25. The van der Waals surface area contributed by atoms with E-state index < -0.39 is 11.9 Å². The predicted molar refractivity (Wildman–Crippen MR) is 137 cm³/mol. The van der Waals surface area contributed by atoms with E-state index in [1.54, 1.807) is 23.0 Å². The van der Waals surface area contributed by atoms with Gasteiger partial charge in [0.25, 0.3) is 11.5 Å². The van der Waals surface area contributed by atoms with Crippen molar-refractivity contribution in [2.24, 2.45) is 0 Å². The van der Waals surface area contributed by atoms with Crippen LogP contribution in [0.15, 0.2) is 77.9 Å². The number of benzene rings is 2. The Labute approximate surface area is 202 Å². The summed E-state index contributed by atoms with van der Waals surface area (Å²) in [6.45, 7) is 3.95. The van der Waals surface area contributed by atoms with Crippen LogP contribution < -0.4 is 16.6 Å². The summed E-state index contributed by atoms with van der Waals surface area (Å²) in [7, 11) is 0. The van der Waals surface area contributed by atoms with Crippen molar-refractivity contribution < 1.29 is 4.79 Å². The van der Waals surface area contributed by atoms with Crippen LogP contribution in [0.1, 0.15) is 47.9 Å². The molecule has 0 saturated heterocycles. The Morgan fingerprint density at radius 2 is 1.91 bits per heavy atom. The van der Waals surface area contributed by atoms with Crippen LogP contribution in [-0.2, 0) is 6.42 Å². The lowest BCUT2D eigenvalue weighted by Gasteiger charge is -2.21. The molecule has 176 valence electrons. The van der Waals surface area contributed by atoms with Crippen molar-refractivity contribution >= 4 is 28.1 Å². The van der Waals surface area contributed by atoms with E-state index in [1.165, 1.54) is 4.52 Å². The van der Waals surface area contributed by atoms with E-state index in [0.717, 1.165) is 29.5 Å². The smallest absolute Gasteiger partial charge is 0.263 e. The fourth-order valence-corrected chi connectivity index (χ4v) is 4.56. The third-order valence-electron chi connectivity index (χ3n) is 6.14. The van der Waals surface area contributed by atoms with Crippen LogP contribution in [0.4, 0.5) is 5.82 Å². The number of nitrogens with one attached hydrogen (secondary N) is 1. The van der Waals surface area contributed by atoms with E-state index in [2.05, 4.69) is 22.3 Å². The summed E-state index contributed by atoms with van der Waals surface area (Å²) in [5.41, 5.74) is 8.94. The number of aryl methyl sites for hydroxylation is 1. The minimum atomic E-state index is -0.507. The molecule has 1 amide bonds. The van der Waals surface area contributed by atoms with Gasteiger partial charge in [0.1, 0.15) is 5.56 Å². The number of pyridine rings is 1. The van der Waals surface area contributed by atoms with E-state index >= 15 is 0 Å². The van der Waals surface area contributed by atoms with Gasteiger partial charge < -0.3 is 11.1 Å². The van der Waals surface area contributed by atoms with Crippen molar-refractivity contribution in [1.82, 2.24) is 24.5 Å². The number of rotatable bonds is 6. The van der Waals surface area contributed by atoms with Crippen molar-refractivity contribution in [3.8, 4) is 5.69 Å². The molecule has 0 saturated carbocycles. The molecule has 3 heterocycles. The number of nitrogens with two attached hydrogens (primary N) is 1. The highest BCUT2D eigenvalue weighted by molar-refractivity contribution is 6.04. The number of para-hydroxylation sites is 1. The average molecular weight is 467 g/mol. The average Bonchev–Trinajstić information content (AvgIpc) is 3.20. The second-order valence-electron chi connectivity index (χ2n) is 8.52. The van der Waals surface area contributed by atoms with Crippen molar-refractivity contribution in [2.45, 2.75) is 32.7 Å². The van der Waals surface area contributed by atoms with Crippen LogP contribution in [0.5, 0.6) is 0 Å². The zero-order valence-corrected chi connectivity index (χ0v) is 19.6. The Morgan fingerprint density at radius 1 is 1.11 bits per heavy atom. The highest BCUT2D eigenvalue weighted by Gasteiger charge is 2.23. The molecule has 35 heavy (non-hydrogen) atoms. The Kier molecular flexibility index (Phi) is 5.78. The first-order chi connectivity index (χ1) is 17.0. The maximum absolute atomic E-state index is 13.9. The van der Waals surface area contributed by atoms with Crippen molar-refractivity contribution in [3.05, 3.63) is 100 Å². The summed E-state index contributed by atoms with van der Waals surface area (Å²) in [5, 5.41) is 8.73. The molecule has 3 N–H and O–H groups in total. The van der Waals surface area contributed by atoms with Gasteiger partial charge in [0.2, 0.25) is 0 Å². The minimum Gasteiger partial charge on any atom is -0.381 e. The minimum absolute atomic E-state index is 0.0940. The Balaban J connectivity index is 1.64. The normalized spacial score (nSPS) is 12.2. The molecule has 8 nitrogen and oxygen atoms in total. The number of amides is 1. The summed E-state index contributed by atoms with van der Waals surface area (Å²) in [4.78, 5) is 31.4. The van der Waals surface area contributed by atoms with Crippen LogP contribution in [0, 0.1) is 0 Å². The molecule has 0 spiro atoms. The number of nitrogen functional groups attached to an aromatic ring is 1. The topological polar surface area (TPSA) is 107 Å². The van der Waals surface area contributed by atoms with E-state index in [0.29, 0.717) is 16.7 Å². The number of carbonyl (C=O) groups excluding carboxylic acids is 1. The molecular weight excluding hydrogens is 440 g/mol. The Hall–Kier alpha value is -4.46. The molecule has 5 aromatic rings. The highest BCUT2D eigenvalue weighted by atomic mass is 16.2. The SMILES string of the molecule is CCCc1cccc2cc([C@H](C)NC(=O)c3c(N)nn4cccnc34)n(-c3ccccc3)c(=O)c12. The molecule has 0 aliphatic carbocycles. The molecule has 0 aliphatic heterocycles. The molecule has 5 rings (SSSR count). The van der Waals surface area contributed by atoms with Gasteiger partial charge in [-0.15, -0.1) is 5.10 Å². The quantitative estimate of drug-likeness (QED) is 0.392. The molecule has 0 radical (unpaired) electrons. The van der Waals surface area contributed by atoms with Crippen LogP contribution >= 0.6 is 0 Å². The Morgan fingerprint density at radius 3 is 2.69 bits per heavy atom. The molecule has 0 unspecified atom stereocenters. The number of nitrogens with zero attached hydrogens (tertiary/aromatic N) is 4. The van der Waals surface area contributed by atoms with Gasteiger partial charge in [0.15, 0.2) is 11.5 Å². The first-order valence-corrected chi connectivity index (χ1v) is 11.6. The van der Waals surface area contributed by atoms with Crippen LogP contribution in [0.25, 0.3) is 22.1 Å². The van der Waals surface area contributed by atoms with Gasteiger partial charge in [-0.05, 0) is 48.6 Å². The first kappa shape index (κ1) is 22.3. The van der Waals surface area contributed by atoms with Crippen LogP contribution in [0.3, 0.4) is 0 Å². The monoisotopic (exact) mass is 466 g/mol. The molecule has 2 aromatic carbocycles. The maximum atomic E-state index is 13.9.